The first-order valence-corrected chi connectivity index (χ1v) is 7.55. The summed E-state index contributed by atoms with van der Waals surface area (Å²) in [5, 5.41) is 24.2. The predicted octanol–water partition coefficient (Wildman–Crippen LogP) is 2.96. The van der Waals surface area contributed by atoms with E-state index in [1.54, 1.807) is 12.1 Å². The van der Waals surface area contributed by atoms with E-state index in [2.05, 4.69) is 5.32 Å². The molecule has 1 aliphatic rings. The second-order valence-corrected chi connectivity index (χ2v) is 5.79. The van der Waals surface area contributed by atoms with E-state index in [0.717, 1.165) is 0 Å². The zero-order valence-corrected chi connectivity index (χ0v) is 13.4. The van der Waals surface area contributed by atoms with Gasteiger partial charge < -0.3 is 10.4 Å². The Kier molecular flexibility index (Phi) is 4.24. The molecular formula is C17H11ClN2O5. The van der Waals surface area contributed by atoms with E-state index >= 15 is 0 Å². The van der Waals surface area contributed by atoms with Crippen LogP contribution in [0.1, 0.15) is 17.2 Å². The van der Waals surface area contributed by atoms with Gasteiger partial charge in [-0.25, -0.2) is 0 Å². The lowest BCUT2D eigenvalue weighted by Crippen LogP contribution is -2.21. The van der Waals surface area contributed by atoms with Crippen LogP contribution in [0.2, 0.25) is 5.02 Å². The number of non-ortho nitro benzene ring substituents is 1. The third-order valence-corrected chi connectivity index (χ3v) is 4.08. The average molecular weight is 359 g/mol. The molecule has 7 nitrogen and oxygen atoms in total. The zero-order valence-electron chi connectivity index (χ0n) is 12.6. The first-order chi connectivity index (χ1) is 11.9. The molecule has 0 aliphatic carbocycles. The average Bonchev–Trinajstić information content (AvgIpc) is 2.90. The number of hydrogen-bond donors (Lipinski definition) is 2. The maximum Gasteiger partial charge on any atom is 0.293 e. The molecule has 0 aromatic heterocycles. The Morgan fingerprint density at radius 2 is 1.68 bits per heavy atom. The highest BCUT2D eigenvalue weighted by molar-refractivity contribution is 6.46. The number of amides is 1. The number of rotatable bonds is 3. The van der Waals surface area contributed by atoms with Crippen molar-refractivity contribution in [2.75, 3.05) is 0 Å². The van der Waals surface area contributed by atoms with Gasteiger partial charge in [0.25, 0.3) is 17.4 Å². The number of halogens is 1. The third kappa shape index (κ3) is 3.09. The number of aliphatic hydroxyl groups excluding tert-OH is 1. The zero-order chi connectivity index (χ0) is 18.1. The smallest absolute Gasteiger partial charge is 0.293 e. The predicted molar refractivity (Wildman–Crippen MR) is 90.0 cm³/mol. The van der Waals surface area contributed by atoms with Crippen molar-refractivity contribution < 1.29 is 19.6 Å². The number of hydrogen-bond acceptors (Lipinski definition) is 5. The van der Waals surface area contributed by atoms with Crippen LogP contribution >= 0.6 is 11.6 Å². The Morgan fingerprint density at radius 3 is 2.24 bits per heavy atom. The van der Waals surface area contributed by atoms with Crippen LogP contribution in [0.15, 0.2) is 54.1 Å². The van der Waals surface area contributed by atoms with E-state index in [4.69, 9.17) is 11.6 Å². The van der Waals surface area contributed by atoms with E-state index in [0.29, 0.717) is 16.1 Å². The van der Waals surface area contributed by atoms with Gasteiger partial charge >= 0.3 is 0 Å². The van der Waals surface area contributed by atoms with Gasteiger partial charge in [-0.3, -0.25) is 19.7 Å². The SMILES string of the molecule is O=C1NC(c2ccc([N+](=O)[O-])cc2)/C(=C(\O)c2ccc(Cl)cc2)C1=O. The summed E-state index contributed by atoms with van der Waals surface area (Å²) in [4.78, 5) is 34.2. The molecule has 2 aromatic rings. The van der Waals surface area contributed by atoms with E-state index in [9.17, 15) is 24.8 Å². The fraction of sp³-hybridized carbons (Fsp3) is 0.0588. The van der Waals surface area contributed by atoms with Crippen LogP contribution in [0.4, 0.5) is 5.69 Å². The summed E-state index contributed by atoms with van der Waals surface area (Å²) in [6.45, 7) is 0. The summed E-state index contributed by atoms with van der Waals surface area (Å²) in [7, 11) is 0. The molecule has 25 heavy (non-hydrogen) atoms. The summed E-state index contributed by atoms with van der Waals surface area (Å²) in [6.07, 6.45) is 0. The van der Waals surface area contributed by atoms with E-state index in [1.807, 2.05) is 0 Å². The van der Waals surface area contributed by atoms with E-state index in [1.165, 1.54) is 36.4 Å². The highest BCUT2D eigenvalue weighted by atomic mass is 35.5. The molecule has 2 N–H and O–H groups in total. The molecule has 8 heteroatoms. The first-order valence-electron chi connectivity index (χ1n) is 7.17. The Balaban J connectivity index is 2.07. The molecule has 1 amide bonds. The van der Waals surface area contributed by atoms with Gasteiger partial charge in [-0.15, -0.1) is 0 Å². The molecule has 0 radical (unpaired) electrons. The first kappa shape index (κ1) is 16.7. The Morgan fingerprint density at radius 1 is 1.08 bits per heavy atom. The fourth-order valence-corrected chi connectivity index (χ4v) is 2.69. The molecule has 0 spiro atoms. The minimum Gasteiger partial charge on any atom is -0.507 e. The number of nitrogens with zero attached hydrogens (tertiary/aromatic N) is 1. The quantitative estimate of drug-likeness (QED) is 0.288. The lowest BCUT2D eigenvalue weighted by atomic mass is 9.96. The second kappa shape index (κ2) is 6.37. The highest BCUT2D eigenvalue weighted by Gasteiger charge is 2.39. The van der Waals surface area contributed by atoms with Crippen LogP contribution in [-0.2, 0) is 9.59 Å². The molecule has 1 aliphatic heterocycles. The van der Waals surface area contributed by atoms with Crippen molar-refractivity contribution in [1.29, 1.82) is 0 Å². The van der Waals surface area contributed by atoms with Gasteiger partial charge in [-0.1, -0.05) is 11.6 Å². The molecule has 1 atom stereocenters. The number of benzene rings is 2. The molecule has 3 rings (SSSR count). The lowest BCUT2D eigenvalue weighted by molar-refractivity contribution is -0.384. The van der Waals surface area contributed by atoms with Crippen molar-refractivity contribution in [3.05, 3.63) is 80.4 Å². The second-order valence-electron chi connectivity index (χ2n) is 5.35. The summed E-state index contributed by atoms with van der Waals surface area (Å²) in [5.74, 6) is -2.04. The van der Waals surface area contributed by atoms with Crippen molar-refractivity contribution in [1.82, 2.24) is 5.32 Å². The fourth-order valence-electron chi connectivity index (χ4n) is 2.57. The van der Waals surface area contributed by atoms with Gasteiger partial charge in [0.15, 0.2) is 0 Å². The van der Waals surface area contributed by atoms with Crippen LogP contribution in [-0.4, -0.2) is 21.7 Å². The van der Waals surface area contributed by atoms with Crippen LogP contribution in [0.3, 0.4) is 0 Å². The standard InChI is InChI=1S/C17H11ClN2O5/c18-11-5-1-10(2-6-11)15(21)13-14(19-17(23)16(13)22)9-3-7-12(8-4-9)20(24)25/h1-8,14,21H,(H,19,23)/b15-13+. The highest BCUT2D eigenvalue weighted by Crippen LogP contribution is 2.33. The van der Waals surface area contributed by atoms with Gasteiger partial charge in [0, 0.05) is 22.7 Å². The molecule has 1 fully saturated rings. The molecular weight excluding hydrogens is 348 g/mol. The van der Waals surface area contributed by atoms with Gasteiger partial charge in [0.1, 0.15) is 5.76 Å². The molecule has 2 aromatic carbocycles. The van der Waals surface area contributed by atoms with Crippen molar-refractivity contribution in [2.45, 2.75) is 6.04 Å². The van der Waals surface area contributed by atoms with E-state index < -0.39 is 22.7 Å². The third-order valence-electron chi connectivity index (χ3n) is 3.82. The maximum atomic E-state index is 12.2. The van der Waals surface area contributed by atoms with Crippen LogP contribution < -0.4 is 5.32 Å². The summed E-state index contributed by atoms with van der Waals surface area (Å²) in [6, 6.07) is 10.6. The topological polar surface area (TPSA) is 110 Å². The Bertz CT molecular complexity index is 904. The number of nitrogens with one attached hydrogen (secondary N) is 1. The molecule has 0 bridgehead atoms. The summed E-state index contributed by atoms with van der Waals surface area (Å²) in [5.41, 5.74) is 0.546. The van der Waals surface area contributed by atoms with E-state index in [-0.39, 0.29) is 17.0 Å². The number of nitro benzene ring substituents is 1. The monoisotopic (exact) mass is 358 g/mol. The van der Waals surface area contributed by atoms with Crippen molar-refractivity contribution in [3.8, 4) is 0 Å². The maximum absolute atomic E-state index is 12.2. The number of ketones is 1. The lowest BCUT2D eigenvalue weighted by Gasteiger charge is -2.13. The normalized spacial score (nSPS) is 18.8. The molecule has 1 heterocycles. The number of carbonyl (C=O) groups is 2. The largest absolute Gasteiger partial charge is 0.507 e. The molecule has 126 valence electrons. The van der Waals surface area contributed by atoms with Gasteiger partial charge in [-0.05, 0) is 42.0 Å². The molecule has 0 saturated carbocycles. The number of Topliss-reactive ketones (excluding diaryl/α,β-unsaturated/α-hetero) is 1. The van der Waals surface area contributed by atoms with Crippen LogP contribution in [0, 0.1) is 10.1 Å². The minimum absolute atomic E-state index is 0.110. The number of carbonyl (C=O) groups excluding carboxylic acids is 2. The molecule has 1 saturated heterocycles. The molecule has 1 unspecified atom stereocenters. The Labute approximate surface area is 146 Å². The van der Waals surface area contributed by atoms with Crippen molar-refractivity contribution in [3.63, 3.8) is 0 Å². The summed E-state index contributed by atoms with van der Waals surface area (Å²) < 4.78 is 0. The minimum atomic E-state index is -0.892. The number of nitro groups is 1. The van der Waals surface area contributed by atoms with Gasteiger partial charge in [0.2, 0.25) is 0 Å². The Hall–Kier alpha value is -3.19. The number of aliphatic hydroxyl groups is 1. The van der Waals surface area contributed by atoms with Crippen LogP contribution in [0.5, 0.6) is 0 Å². The van der Waals surface area contributed by atoms with Crippen molar-refractivity contribution >= 4 is 34.7 Å². The van der Waals surface area contributed by atoms with Crippen LogP contribution in [0.25, 0.3) is 5.76 Å². The summed E-state index contributed by atoms with van der Waals surface area (Å²) >= 11 is 5.81. The van der Waals surface area contributed by atoms with Crippen molar-refractivity contribution in [2.24, 2.45) is 0 Å². The van der Waals surface area contributed by atoms with Gasteiger partial charge in [0.05, 0.1) is 16.5 Å². The van der Waals surface area contributed by atoms with Gasteiger partial charge in [-0.2, -0.15) is 0 Å².